The molecule has 0 saturated heterocycles. The summed E-state index contributed by atoms with van der Waals surface area (Å²) in [6.45, 7) is 0.159. The summed E-state index contributed by atoms with van der Waals surface area (Å²) < 4.78 is 24.5. The van der Waals surface area contributed by atoms with Crippen molar-refractivity contribution in [3.63, 3.8) is 0 Å². The van der Waals surface area contributed by atoms with Crippen LogP contribution in [0.5, 0.6) is 11.5 Å². The van der Waals surface area contributed by atoms with Crippen molar-refractivity contribution < 1.29 is 18.7 Å². The first-order valence-corrected chi connectivity index (χ1v) is 6.86. The van der Waals surface area contributed by atoms with Crippen LogP contribution in [0.1, 0.15) is 5.56 Å². The second-order valence-electron chi connectivity index (χ2n) is 4.76. The van der Waals surface area contributed by atoms with Crippen molar-refractivity contribution in [2.24, 2.45) is 0 Å². The number of carbonyl (C=O) groups is 1. The summed E-state index contributed by atoms with van der Waals surface area (Å²) in [6, 6.07) is 11.5. The van der Waals surface area contributed by atoms with Crippen LogP contribution < -0.4 is 9.47 Å². The lowest BCUT2D eigenvalue weighted by Crippen LogP contribution is -2.37. The Labute approximate surface area is 126 Å². The summed E-state index contributed by atoms with van der Waals surface area (Å²) in [5.41, 5.74) is 0.560. The maximum absolute atomic E-state index is 13.4. The first-order chi connectivity index (χ1) is 10.1. The molecule has 5 heteroatoms. The fourth-order valence-corrected chi connectivity index (χ4v) is 2.26. The molecule has 1 atom stereocenters. The molecule has 0 spiro atoms. The summed E-state index contributed by atoms with van der Waals surface area (Å²) in [6.07, 6.45) is -0.608. The van der Waals surface area contributed by atoms with Gasteiger partial charge in [0.2, 0.25) is 0 Å². The maximum atomic E-state index is 13.4. The fourth-order valence-electron chi connectivity index (χ4n) is 2.14. The Bertz CT molecular complexity index is 687. The van der Waals surface area contributed by atoms with Gasteiger partial charge in [0, 0.05) is 6.42 Å². The van der Waals surface area contributed by atoms with Crippen LogP contribution >= 0.6 is 11.6 Å². The SMILES string of the molecule is O=C(Cc1ccc(Cl)c(F)c1)C1COc2ccccc2O1. The van der Waals surface area contributed by atoms with E-state index in [1.165, 1.54) is 12.1 Å². The van der Waals surface area contributed by atoms with Gasteiger partial charge in [-0.05, 0) is 29.8 Å². The van der Waals surface area contributed by atoms with E-state index >= 15 is 0 Å². The summed E-state index contributed by atoms with van der Waals surface area (Å²) in [4.78, 5) is 12.2. The summed E-state index contributed by atoms with van der Waals surface area (Å²) in [7, 11) is 0. The third-order valence-corrected chi connectivity index (χ3v) is 3.54. The fraction of sp³-hybridized carbons (Fsp3) is 0.188. The summed E-state index contributed by atoms with van der Waals surface area (Å²) in [5.74, 6) is 0.475. The Hall–Kier alpha value is -2.07. The molecule has 1 aliphatic rings. The molecule has 0 fully saturated rings. The van der Waals surface area contributed by atoms with Gasteiger partial charge in [0.05, 0.1) is 5.02 Å². The summed E-state index contributed by atoms with van der Waals surface area (Å²) >= 11 is 5.62. The second-order valence-corrected chi connectivity index (χ2v) is 5.16. The van der Waals surface area contributed by atoms with Gasteiger partial charge in [-0.15, -0.1) is 0 Å². The molecule has 0 N–H and O–H groups in total. The van der Waals surface area contributed by atoms with Gasteiger partial charge in [0.1, 0.15) is 12.4 Å². The number of Topliss-reactive ketones (excluding diaryl/α,β-unsaturated/α-hetero) is 1. The molecule has 0 radical (unpaired) electrons. The highest BCUT2D eigenvalue weighted by Gasteiger charge is 2.27. The number of benzene rings is 2. The topological polar surface area (TPSA) is 35.5 Å². The van der Waals surface area contributed by atoms with Crippen LogP contribution in [-0.2, 0) is 11.2 Å². The number of rotatable bonds is 3. The number of fused-ring (bicyclic) bond motifs is 1. The second kappa shape index (κ2) is 5.74. The minimum Gasteiger partial charge on any atom is -0.485 e. The molecule has 0 saturated carbocycles. The normalized spacial score (nSPS) is 16.6. The van der Waals surface area contributed by atoms with Gasteiger partial charge < -0.3 is 9.47 Å². The van der Waals surface area contributed by atoms with E-state index in [0.29, 0.717) is 17.1 Å². The van der Waals surface area contributed by atoms with Crippen LogP contribution in [0, 0.1) is 5.82 Å². The first kappa shape index (κ1) is 13.9. The van der Waals surface area contributed by atoms with Gasteiger partial charge >= 0.3 is 0 Å². The van der Waals surface area contributed by atoms with Crippen molar-refractivity contribution in [2.45, 2.75) is 12.5 Å². The number of hydrogen-bond donors (Lipinski definition) is 0. The maximum Gasteiger partial charge on any atom is 0.191 e. The third kappa shape index (κ3) is 3.00. The van der Waals surface area contributed by atoms with Crippen LogP contribution in [-0.4, -0.2) is 18.5 Å². The molecule has 0 amide bonds. The van der Waals surface area contributed by atoms with Crippen LogP contribution in [0.15, 0.2) is 42.5 Å². The van der Waals surface area contributed by atoms with Gasteiger partial charge in [0.25, 0.3) is 0 Å². The largest absolute Gasteiger partial charge is 0.485 e. The Kier molecular flexibility index (Phi) is 3.80. The van der Waals surface area contributed by atoms with Crippen molar-refractivity contribution >= 4 is 17.4 Å². The van der Waals surface area contributed by atoms with Gasteiger partial charge in [-0.3, -0.25) is 4.79 Å². The Balaban J connectivity index is 1.70. The van der Waals surface area contributed by atoms with Crippen molar-refractivity contribution in [2.75, 3.05) is 6.61 Å². The van der Waals surface area contributed by atoms with E-state index < -0.39 is 11.9 Å². The molecule has 108 valence electrons. The highest BCUT2D eigenvalue weighted by Crippen LogP contribution is 2.31. The molecule has 2 aromatic rings. The lowest BCUT2D eigenvalue weighted by atomic mass is 10.0. The van der Waals surface area contributed by atoms with Gasteiger partial charge in [0.15, 0.2) is 23.4 Å². The quantitative estimate of drug-likeness (QED) is 0.871. The Morgan fingerprint density at radius 1 is 1.24 bits per heavy atom. The minimum atomic E-state index is -0.682. The molecule has 1 unspecified atom stereocenters. The molecule has 2 aromatic carbocycles. The smallest absolute Gasteiger partial charge is 0.191 e. The monoisotopic (exact) mass is 306 g/mol. The van der Waals surface area contributed by atoms with Gasteiger partial charge in [-0.1, -0.05) is 29.8 Å². The molecule has 0 bridgehead atoms. The van der Waals surface area contributed by atoms with Crippen LogP contribution in [0.4, 0.5) is 4.39 Å². The minimum absolute atomic E-state index is 0.0392. The standard InChI is InChI=1S/C16H12ClFO3/c17-11-6-5-10(7-12(11)18)8-13(19)16-9-20-14-3-1-2-4-15(14)21-16/h1-7,16H,8-9H2. The van der Waals surface area contributed by atoms with E-state index in [2.05, 4.69) is 0 Å². The van der Waals surface area contributed by atoms with Crippen molar-refractivity contribution in [1.82, 2.24) is 0 Å². The zero-order valence-electron chi connectivity index (χ0n) is 11.0. The van der Waals surface area contributed by atoms with Crippen molar-refractivity contribution in [3.05, 3.63) is 58.9 Å². The third-order valence-electron chi connectivity index (χ3n) is 3.23. The number of hydrogen-bond acceptors (Lipinski definition) is 3. The number of para-hydroxylation sites is 2. The van der Waals surface area contributed by atoms with Crippen LogP contribution in [0.25, 0.3) is 0 Å². The highest BCUT2D eigenvalue weighted by atomic mass is 35.5. The van der Waals surface area contributed by atoms with E-state index in [1.54, 1.807) is 18.2 Å². The van der Waals surface area contributed by atoms with Gasteiger partial charge in [-0.25, -0.2) is 4.39 Å². The average molecular weight is 307 g/mol. The predicted molar refractivity (Wildman–Crippen MR) is 76.5 cm³/mol. The Morgan fingerprint density at radius 2 is 2.00 bits per heavy atom. The molecule has 1 aliphatic heterocycles. The molecule has 3 rings (SSSR count). The first-order valence-electron chi connectivity index (χ1n) is 6.48. The number of halogens is 2. The van der Waals surface area contributed by atoms with E-state index in [0.717, 1.165) is 0 Å². The molecule has 3 nitrogen and oxygen atoms in total. The highest BCUT2D eigenvalue weighted by molar-refractivity contribution is 6.30. The lowest BCUT2D eigenvalue weighted by Gasteiger charge is -2.25. The van der Waals surface area contributed by atoms with Gasteiger partial charge in [-0.2, -0.15) is 0 Å². The van der Waals surface area contributed by atoms with E-state index in [-0.39, 0.29) is 23.8 Å². The predicted octanol–water partition coefficient (Wildman–Crippen LogP) is 3.43. The van der Waals surface area contributed by atoms with E-state index in [1.807, 2.05) is 12.1 Å². The molecule has 21 heavy (non-hydrogen) atoms. The zero-order chi connectivity index (χ0) is 14.8. The van der Waals surface area contributed by atoms with Crippen molar-refractivity contribution in [1.29, 1.82) is 0 Å². The number of ketones is 1. The van der Waals surface area contributed by atoms with Crippen molar-refractivity contribution in [3.8, 4) is 11.5 Å². The average Bonchev–Trinajstić information content (AvgIpc) is 2.50. The summed E-state index contributed by atoms with van der Waals surface area (Å²) in [5, 5.41) is 0.0392. The van der Waals surface area contributed by atoms with Crippen LogP contribution in [0.2, 0.25) is 5.02 Å². The molecule has 0 aromatic heterocycles. The van der Waals surface area contributed by atoms with E-state index in [9.17, 15) is 9.18 Å². The van der Waals surface area contributed by atoms with Crippen LogP contribution in [0.3, 0.4) is 0 Å². The molecular formula is C16H12ClFO3. The molecular weight excluding hydrogens is 295 g/mol. The molecule has 1 heterocycles. The lowest BCUT2D eigenvalue weighted by molar-refractivity contribution is -0.127. The number of ether oxygens (including phenoxy) is 2. The number of carbonyl (C=O) groups excluding carboxylic acids is 1. The molecule has 0 aliphatic carbocycles. The van der Waals surface area contributed by atoms with E-state index in [4.69, 9.17) is 21.1 Å². The zero-order valence-corrected chi connectivity index (χ0v) is 11.8. The Morgan fingerprint density at radius 3 is 2.76 bits per heavy atom.